The minimum absolute atomic E-state index is 0.00424. The molecule has 1 aliphatic rings. The summed E-state index contributed by atoms with van der Waals surface area (Å²) < 4.78 is 23.4. The Morgan fingerprint density at radius 2 is 1.71 bits per heavy atom. The number of aryl methyl sites for hydroxylation is 1. The van der Waals surface area contributed by atoms with Crippen LogP contribution >= 0.6 is 0 Å². The van der Waals surface area contributed by atoms with Gasteiger partial charge in [-0.25, -0.2) is 0 Å². The molecule has 7 heteroatoms. The van der Waals surface area contributed by atoms with Crippen molar-refractivity contribution in [1.29, 1.82) is 5.26 Å². The quantitative estimate of drug-likeness (QED) is 0.193. The van der Waals surface area contributed by atoms with Gasteiger partial charge in [0.15, 0.2) is 11.5 Å². The summed E-state index contributed by atoms with van der Waals surface area (Å²) in [6.07, 6.45) is 0.139. The van der Waals surface area contributed by atoms with Crippen molar-refractivity contribution in [2.24, 2.45) is 5.73 Å². The largest absolute Gasteiger partial charge is 0.490 e. The number of allylic oxidation sites excluding steroid dienone is 1. The minimum Gasteiger partial charge on any atom is -0.490 e. The van der Waals surface area contributed by atoms with E-state index in [1.54, 1.807) is 18.2 Å². The van der Waals surface area contributed by atoms with Gasteiger partial charge >= 0.3 is 5.97 Å². The van der Waals surface area contributed by atoms with E-state index < -0.39 is 11.9 Å². The number of hydrogen-bond donors (Lipinski definition) is 1. The van der Waals surface area contributed by atoms with Crippen LogP contribution in [0.2, 0.25) is 0 Å². The molecule has 0 saturated carbocycles. The molecule has 0 aliphatic carbocycles. The van der Waals surface area contributed by atoms with Crippen molar-refractivity contribution < 1.29 is 23.7 Å². The van der Waals surface area contributed by atoms with E-state index in [2.05, 4.69) is 6.07 Å². The van der Waals surface area contributed by atoms with Gasteiger partial charge in [0.1, 0.15) is 29.7 Å². The number of nitriles is 1. The van der Waals surface area contributed by atoms with Crippen molar-refractivity contribution in [2.45, 2.75) is 32.8 Å². The fourth-order valence-electron chi connectivity index (χ4n) is 4.71. The van der Waals surface area contributed by atoms with Gasteiger partial charge in [-0.1, -0.05) is 72.3 Å². The van der Waals surface area contributed by atoms with Crippen LogP contribution in [0.3, 0.4) is 0 Å². The van der Waals surface area contributed by atoms with Crippen molar-refractivity contribution >= 4 is 5.97 Å². The van der Waals surface area contributed by atoms with Gasteiger partial charge in [-0.05, 0) is 48.7 Å². The first-order chi connectivity index (χ1) is 19.9. The van der Waals surface area contributed by atoms with Gasteiger partial charge in [0.05, 0.1) is 18.9 Å². The van der Waals surface area contributed by atoms with E-state index in [1.807, 2.05) is 86.6 Å². The monoisotopic (exact) mass is 546 g/mol. The lowest BCUT2D eigenvalue weighted by molar-refractivity contribution is -0.133. The molecule has 1 unspecified atom stereocenters. The first-order valence-corrected chi connectivity index (χ1v) is 13.4. The Morgan fingerprint density at radius 3 is 2.44 bits per heavy atom. The smallest absolute Gasteiger partial charge is 0.315 e. The molecular weight excluding hydrogens is 516 g/mol. The SMILES string of the molecule is CCOc1cc(C2C(C#N)=C(N)Oc3cc(OC(=O)Cc4ccccc4)ccc32)ccc1OCc1ccc(C)cc1. The van der Waals surface area contributed by atoms with E-state index in [1.165, 1.54) is 5.56 Å². The van der Waals surface area contributed by atoms with Crippen molar-refractivity contribution in [1.82, 2.24) is 0 Å². The van der Waals surface area contributed by atoms with E-state index >= 15 is 0 Å². The maximum atomic E-state index is 12.5. The van der Waals surface area contributed by atoms with Crippen LogP contribution < -0.4 is 24.7 Å². The van der Waals surface area contributed by atoms with E-state index in [-0.39, 0.29) is 17.9 Å². The molecule has 1 aliphatic heterocycles. The van der Waals surface area contributed by atoms with E-state index in [4.69, 9.17) is 24.7 Å². The molecule has 0 amide bonds. The maximum absolute atomic E-state index is 12.5. The number of rotatable bonds is 9. The first kappa shape index (κ1) is 27.4. The molecule has 0 spiro atoms. The standard InChI is InChI=1S/C34H30N2O5/c1-3-38-31-18-25(13-16-29(31)39-21-24-11-9-22(2)10-12-24)33-27-15-14-26(19-30(27)41-34(36)28(33)20-35)40-32(37)17-23-7-5-4-6-8-23/h4-16,18-19,33H,3,17,21,36H2,1-2H3. The second-order valence-electron chi connectivity index (χ2n) is 9.67. The van der Waals surface area contributed by atoms with Gasteiger partial charge in [0.2, 0.25) is 5.88 Å². The number of fused-ring (bicyclic) bond motifs is 1. The fourth-order valence-corrected chi connectivity index (χ4v) is 4.71. The first-order valence-electron chi connectivity index (χ1n) is 13.4. The second-order valence-corrected chi connectivity index (χ2v) is 9.67. The second kappa shape index (κ2) is 12.3. The Labute approximate surface area is 239 Å². The van der Waals surface area contributed by atoms with Crippen molar-refractivity contribution in [2.75, 3.05) is 6.61 Å². The summed E-state index contributed by atoms with van der Waals surface area (Å²) in [5, 5.41) is 10.00. The van der Waals surface area contributed by atoms with Crippen LogP contribution in [-0.2, 0) is 17.8 Å². The highest BCUT2D eigenvalue weighted by Gasteiger charge is 2.32. The number of nitrogens with two attached hydrogens (primary N) is 1. The molecule has 2 N–H and O–H groups in total. The fraction of sp³-hybridized carbons (Fsp3) is 0.176. The lowest BCUT2D eigenvalue weighted by Gasteiger charge is -2.27. The summed E-state index contributed by atoms with van der Waals surface area (Å²) in [6, 6.07) is 30.4. The maximum Gasteiger partial charge on any atom is 0.315 e. The van der Waals surface area contributed by atoms with Gasteiger partial charge in [0.25, 0.3) is 0 Å². The summed E-state index contributed by atoms with van der Waals surface area (Å²) >= 11 is 0. The lowest BCUT2D eigenvalue weighted by Crippen LogP contribution is -2.21. The van der Waals surface area contributed by atoms with Gasteiger partial charge < -0.3 is 24.7 Å². The molecule has 1 atom stereocenters. The average molecular weight is 547 g/mol. The molecule has 0 saturated heterocycles. The Bertz CT molecular complexity index is 1620. The third-order valence-corrected chi connectivity index (χ3v) is 6.73. The van der Waals surface area contributed by atoms with Crippen LogP contribution in [0.15, 0.2) is 102 Å². The number of ether oxygens (including phenoxy) is 4. The summed E-state index contributed by atoms with van der Waals surface area (Å²) in [5.74, 6) is 0.985. The highest BCUT2D eigenvalue weighted by Crippen LogP contribution is 2.45. The topological polar surface area (TPSA) is 104 Å². The number of carbonyl (C=O) groups is 1. The van der Waals surface area contributed by atoms with Gasteiger partial charge in [-0.2, -0.15) is 5.26 Å². The highest BCUT2D eigenvalue weighted by atomic mass is 16.5. The zero-order chi connectivity index (χ0) is 28.8. The van der Waals surface area contributed by atoms with Crippen molar-refractivity contribution in [3.8, 4) is 29.1 Å². The number of benzene rings is 4. The zero-order valence-electron chi connectivity index (χ0n) is 22.9. The van der Waals surface area contributed by atoms with Crippen LogP contribution in [0.4, 0.5) is 0 Å². The molecule has 4 aromatic rings. The lowest BCUT2D eigenvalue weighted by atomic mass is 9.83. The Morgan fingerprint density at radius 1 is 0.927 bits per heavy atom. The number of nitrogens with zero attached hydrogens (tertiary/aromatic N) is 1. The van der Waals surface area contributed by atoms with Crippen LogP contribution in [0.1, 0.15) is 40.7 Å². The van der Waals surface area contributed by atoms with E-state index in [0.29, 0.717) is 36.2 Å². The summed E-state index contributed by atoms with van der Waals surface area (Å²) in [5.41, 5.74) is 11.1. The molecule has 4 aromatic carbocycles. The Hall–Kier alpha value is -5.22. The van der Waals surface area contributed by atoms with Gasteiger partial charge in [0, 0.05) is 11.6 Å². The Kier molecular flexibility index (Phi) is 8.21. The van der Waals surface area contributed by atoms with Crippen LogP contribution in [0.5, 0.6) is 23.0 Å². The summed E-state index contributed by atoms with van der Waals surface area (Å²) in [6.45, 7) is 4.78. The Balaban J connectivity index is 1.41. The summed E-state index contributed by atoms with van der Waals surface area (Å²) in [7, 11) is 0. The normalized spacial score (nSPS) is 13.9. The predicted octanol–water partition coefficient (Wildman–Crippen LogP) is 6.34. The summed E-state index contributed by atoms with van der Waals surface area (Å²) in [4.78, 5) is 12.5. The van der Waals surface area contributed by atoms with Crippen molar-refractivity contribution in [3.05, 3.63) is 130 Å². The van der Waals surface area contributed by atoms with E-state index in [9.17, 15) is 10.1 Å². The molecule has 1 heterocycles. The minimum atomic E-state index is -0.511. The average Bonchev–Trinajstić information content (AvgIpc) is 2.97. The van der Waals surface area contributed by atoms with Gasteiger partial charge in [-0.15, -0.1) is 0 Å². The van der Waals surface area contributed by atoms with E-state index in [0.717, 1.165) is 22.3 Å². The van der Waals surface area contributed by atoms with Crippen molar-refractivity contribution in [3.63, 3.8) is 0 Å². The molecule has 41 heavy (non-hydrogen) atoms. The zero-order valence-corrected chi connectivity index (χ0v) is 22.9. The third kappa shape index (κ3) is 6.34. The molecule has 5 rings (SSSR count). The number of carbonyl (C=O) groups excluding carboxylic acids is 1. The predicted molar refractivity (Wildman–Crippen MR) is 155 cm³/mol. The number of hydrogen-bond acceptors (Lipinski definition) is 7. The molecule has 0 bridgehead atoms. The molecule has 7 nitrogen and oxygen atoms in total. The molecule has 0 radical (unpaired) electrons. The molecular formula is C34H30N2O5. The van der Waals surface area contributed by atoms with Crippen LogP contribution in [0.25, 0.3) is 0 Å². The third-order valence-electron chi connectivity index (χ3n) is 6.73. The highest BCUT2D eigenvalue weighted by molar-refractivity contribution is 5.75. The molecule has 0 aromatic heterocycles. The number of esters is 1. The van der Waals surface area contributed by atoms with Crippen LogP contribution in [-0.4, -0.2) is 12.6 Å². The molecule has 206 valence electrons. The van der Waals surface area contributed by atoms with Crippen LogP contribution in [0, 0.1) is 18.3 Å². The molecule has 0 fully saturated rings. The van der Waals surface area contributed by atoms with Gasteiger partial charge in [-0.3, -0.25) is 4.79 Å².